The van der Waals surface area contributed by atoms with E-state index in [2.05, 4.69) is 12.2 Å². The van der Waals surface area contributed by atoms with Gasteiger partial charge in [0.25, 0.3) is 5.91 Å². The number of nitriles is 1. The van der Waals surface area contributed by atoms with Crippen molar-refractivity contribution in [2.45, 2.75) is 33.1 Å². The minimum atomic E-state index is -0.542. The molecule has 148 valence electrons. The number of ether oxygens (including phenoxy) is 1. The van der Waals surface area contributed by atoms with E-state index in [4.69, 9.17) is 15.0 Å². The molecule has 1 N–H and O–H groups in total. The molecule has 0 atom stereocenters. The zero-order valence-corrected chi connectivity index (χ0v) is 17.1. The molecule has 0 radical (unpaired) electrons. The number of hydrogen-bond acceptors (Lipinski definition) is 6. The summed E-state index contributed by atoms with van der Waals surface area (Å²) in [5.74, 6) is -1.03. The van der Waals surface area contributed by atoms with E-state index in [1.165, 1.54) is 11.3 Å². The molecule has 2 aromatic heterocycles. The molecular weight excluding hydrogens is 386 g/mol. The highest BCUT2D eigenvalue weighted by Crippen LogP contribution is 2.26. The van der Waals surface area contributed by atoms with Gasteiger partial charge in [-0.15, -0.1) is 11.3 Å². The Morgan fingerprint density at radius 3 is 2.76 bits per heavy atom. The predicted octanol–water partition coefficient (Wildman–Crippen LogP) is 4.48. The summed E-state index contributed by atoms with van der Waals surface area (Å²) < 4.78 is 5.34. The van der Waals surface area contributed by atoms with Gasteiger partial charge in [-0.3, -0.25) is 9.78 Å². The van der Waals surface area contributed by atoms with Crippen LogP contribution in [0.1, 0.15) is 47.4 Å². The number of carbonyl (C=O) groups is 2. The molecule has 6 nitrogen and oxygen atoms in total. The van der Waals surface area contributed by atoms with Gasteiger partial charge < -0.3 is 10.1 Å². The molecule has 1 aromatic carbocycles. The number of anilines is 1. The number of para-hydroxylation sites is 1. The highest BCUT2D eigenvalue weighted by Gasteiger charge is 2.21. The van der Waals surface area contributed by atoms with Crippen LogP contribution in [-0.4, -0.2) is 23.5 Å². The van der Waals surface area contributed by atoms with Crippen molar-refractivity contribution in [2.75, 3.05) is 11.9 Å². The first kappa shape index (κ1) is 20.5. The van der Waals surface area contributed by atoms with Gasteiger partial charge in [-0.25, -0.2) is 4.79 Å². The van der Waals surface area contributed by atoms with Crippen LogP contribution in [0.5, 0.6) is 0 Å². The van der Waals surface area contributed by atoms with Gasteiger partial charge in [0, 0.05) is 11.1 Å². The van der Waals surface area contributed by atoms with Crippen molar-refractivity contribution in [1.82, 2.24) is 4.98 Å². The second-order valence-corrected chi connectivity index (χ2v) is 7.35. The summed E-state index contributed by atoms with van der Waals surface area (Å²) in [6.07, 6.45) is 2.33. The van der Waals surface area contributed by atoms with Crippen molar-refractivity contribution in [3.8, 4) is 6.07 Å². The average Bonchev–Trinajstić information content (AvgIpc) is 3.18. The lowest BCUT2D eigenvalue weighted by Gasteiger charge is -2.15. The molecule has 0 fully saturated rings. The Hall–Kier alpha value is -3.24. The molecule has 0 aliphatic heterocycles. The van der Waals surface area contributed by atoms with Crippen LogP contribution in [0, 0.1) is 11.3 Å². The Morgan fingerprint density at radius 2 is 2.03 bits per heavy atom. The summed E-state index contributed by atoms with van der Waals surface area (Å²) >= 11 is 1.25. The number of nitrogens with zero attached hydrogens (tertiary/aromatic N) is 2. The van der Waals surface area contributed by atoms with Crippen molar-refractivity contribution >= 4 is 39.1 Å². The molecular formula is C22H21N3O3S. The zero-order chi connectivity index (χ0) is 20.8. The summed E-state index contributed by atoms with van der Waals surface area (Å²) in [7, 11) is 0. The summed E-state index contributed by atoms with van der Waals surface area (Å²) in [6.45, 7) is 3.62. The van der Waals surface area contributed by atoms with Crippen molar-refractivity contribution in [3.63, 3.8) is 0 Å². The van der Waals surface area contributed by atoms with Gasteiger partial charge in [0.15, 0.2) is 6.61 Å². The highest BCUT2D eigenvalue weighted by molar-refractivity contribution is 7.14. The Bertz CT molecular complexity index is 1100. The minimum Gasteiger partial charge on any atom is -0.452 e. The molecule has 3 rings (SSSR count). The number of aromatic nitrogens is 1. The van der Waals surface area contributed by atoms with Crippen LogP contribution in [0.25, 0.3) is 10.9 Å². The first-order valence-corrected chi connectivity index (χ1v) is 10.3. The van der Waals surface area contributed by atoms with E-state index < -0.39 is 18.5 Å². The summed E-state index contributed by atoms with van der Waals surface area (Å²) in [4.78, 5) is 29.9. The summed E-state index contributed by atoms with van der Waals surface area (Å²) in [5, 5.41) is 14.5. The third kappa shape index (κ3) is 4.44. The van der Waals surface area contributed by atoms with Crippen LogP contribution < -0.4 is 5.32 Å². The molecule has 3 aromatic rings. The SMILES string of the molecule is CCCc1nc2ccccc2c(C(=O)OCC(=O)Nc2sccc2C#N)c1CC. The van der Waals surface area contributed by atoms with Crippen LogP contribution >= 0.6 is 11.3 Å². The zero-order valence-electron chi connectivity index (χ0n) is 16.3. The standard InChI is InChI=1S/C22H21N3O3S/c1-3-7-17-15(4-2)20(16-8-5-6-9-18(16)24-17)22(27)28-13-19(26)25-21-14(12-23)10-11-29-21/h5-6,8-11H,3-4,7,13H2,1-2H3,(H,25,26). The van der Waals surface area contributed by atoms with Crippen LogP contribution in [-0.2, 0) is 22.4 Å². The molecule has 29 heavy (non-hydrogen) atoms. The number of carbonyl (C=O) groups excluding carboxylic acids is 2. The number of esters is 1. The first-order chi connectivity index (χ1) is 14.1. The first-order valence-electron chi connectivity index (χ1n) is 9.44. The minimum absolute atomic E-state index is 0.382. The fourth-order valence-corrected chi connectivity index (χ4v) is 3.97. The van der Waals surface area contributed by atoms with Gasteiger partial charge in [-0.1, -0.05) is 38.5 Å². The van der Waals surface area contributed by atoms with E-state index in [0.29, 0.717) is 22.5 Å². The van der Waals surface area contributed by atoms with Crippen LogP contribution in [0.2, 0.25) is 0 Å². The third-order valence-electron chi connectivity index (χ3n) is 4.50. The lowest BCUT2D eigenvalue weighted by atomic mass is 9.96. The van der Waals surface area contributed by atoms with Gasteiger partial charge in [0.2, 0.25) is 0 Å². The molecule has 0 aliphatic carbocycles. The number of hydrogen-bond donors (Lipinski definition) is 1. The number of aryl methyl sites for hydroxylation is 1. The number of benzene rings is 1. The van der Waals surface area contributed by atoms with Crippen LogP contribution in [0.4, 0.5) is 5.00 Å². The maximum absolute atomic E-state index is 12.9. The molecule has 2 heterocycles. The molecule has 1 amide bonds. The van der Waals surface area contributed by atoms with E-state index in [9.17, 15) is 9.59 Å². The van der Waals surface area contributed by atoms with Crippen molar-refractivity contribution in [2.24, 2.45) is 0 Å². The number of thiophene rings is 1. The number of nitrogens with one attached hydrogen (secondary N) is 1. The van der Waals surface area contributed by atoms with Crippen molar-refractivity contribution in [1.29, 1.82) is 5.26 Å². The molecule has 0 saturated heterocycles. The molecule has 0 saturated carbocycles. The quantitative estimate of drug-likeness (QED) is 0.583. The number of pyridine rings is 1. The highest BCUT2D eigenvalue weighted by atomic mass is 32.1. The molecule has 0 bridgehead atoms. The second kappa shape index (κ2) is 9.30. The molecule has 7 heteroatoms. The van der Waals surface area contributed by atoms with Crippen molar-refractivity contribution < 1.29 is 14.3 Å². The lowest BCUT2D eigenvalue weighted by Crippen LogP contribution is -2.22. The van der Waals surface area contributed by atoms with E-state index in [0.717, 1.165) is 35.0 Å². The number of fused-ring (bicyclic) bond motifs is 1. The van der Waals surface area contributed by atoms with Crippen molar-refractivity contribution in [3.05, 3.63) is 58.1 Å². The maximum atomic E-state index is 12.9. The van der Waals surface area contributed by atoms with Gasteiger partial charge in [0.05, 0.1) is 16.6 Å². The fourth-order valence-electron chi connectivity index (χ4n) is 3.22. The second-order valence-electron chi connectivity index (χ2n) is 6.43. The Labute approximate surface area is 173 Å². The van der Waals surface area contributed by atoms with Gasteiger partial charge in [0.1, 0.15) is 11.1 Å². The topological polar surface area (TPSA) is 92.1 Å². The smallest absolute Gasteiger partial charge is 0.339 e. The molecule has 0 aliphatic rings. The van der Waals surface area contributed by atoms with E-state index >= 15 is 0 Å². The summed E-state index contributed by atoms with van der Waals surface area (Å²) in [5.41, 5.74) is 3.35. The third-order valence-corrected chi connectivity index (χ3v) is 5.33. The van der Waals surface area contributed by atoms with Gasteiger partial charge >= 0.3 is 5.97 Å². The Kier molecular flexibility index (Phi) is 6.57. The maximum Gasteiger partial charge on any atom is 0.339 e. The summed E-state index contributed by atoms with van der Waals surface area (Å²) in [6, 6.07) is 11.1. The largest absolute Gasteiger partial charge is 0.452 e. The van der Waals surface area contributed by atoms with Crippen LogP contribution in [0.3, 0.4) is 0 Å². The Morgan fingerprint density at radius 1 is 1.24 bits per heavy atom. The fraction of sp³-hybridized carbons (Fsp3) is 0.273. The average molecular weight is 407 g/mol. The monoisotopic (exact) mass is 407 g/mol. The normalized spacial score (nSPS) is 10.5. The number of amides is 1. The van der Waals surface area contributed by atoms with Crippen LogP contribution in [0.15, 0.2) is 35.7 Å². The van der Waals surface area contributed by atoms with E-state index in [1.807, 2.05) is 37.3 Å². The Balaban J connectivity index is 1.84. The van der Waals surface area contributed by atoms with Gasteiger partial charge in [-0.2, -0.15) is 5.26 Å². The van der Waals surface area contributed by atoms with E-state index in [-0.39, 0.29) is 0 Å². The lowest BCUT2D eigenvalue weighted by molar-refractivity contribution is -0.119. The number of rotatable bonds is 7. The van der Waals surface area contributed by atoms with E-state index in [1.54, 1.807) is 11.4 Å². The molecule has 0 spiro atoms. The molecule has 0 unspecified atom stereocenters. The van der Waals surface area contributed by atoms with Gasteiger partial charge in [-0.05, 0) is 35.9 Å². The predicted molar refractivity (Wildman–Crippen MR) is 113 cm³/mol.